The van der Waals surface area contributed by atoms with Crippen LogP contribution in [0.25, 0.3) is 0 Å². The van der Waals surface area contributed by atoms with Crippen molar-refractivity contribution in [2.75, 3.05) is 13.2 Å². The number of aryl methyl sites for hydroxylation is 1. The molecular formula is C16H20N2O. The van der Waals surface area contributed by atoms with E-state index >= 15 is 0 Å². The number of rotatable bonds is 6. The van der Waals surface area contributed by atoms with E-state index in [1.165, 1.54) is 5.56 Å². The Bertz CT molecular complexity index is 499. The number of nitrogens with zero attached hydrogens (tertiary/aromatic N) is 2. The van der Waals surface area contributed by atoms with Gasteiger partial charge in [-0.25, -0.2) is 0 Å². The molecule has 0 bridgehead atoms. The molecule has 0 saturated heterocycles. The Morgan fingerprint density at radius 1 is 1.00 bits per heavy atom. The van der Waals surface area contributed by atoms with E-state index in [1.54, 1.807) is 0 Å². The molecule has 1 aromatic carbocycles. The Morgan fingerprint density at radius 2 is 1.79 bits per heavy atom. The van der Waals surface area contributed by atoms with Gasteiger partial charge in [-0.1, -0.05) is 36.4 Å². The minimum absolute atomic E-state index is 0.165. The van der Waals surface area contributed by atoms with Crippen molar-refractivity contribution in [3.63, 3.8) is 0 Å². The maximum atomic E-state index is 9.19. The standard InChI is InChI=1S/C16H20N2O/c1-14-6-5-9-16(17-14)13-18(10-11-19)12-15-7-3-2-4-8-15/h2-9,19H,10-13H2,1H3. The summed E-state index contributed by atoms with van der Waals surface area (Å²) in [7, 11) is 0. The SMILES string of the molecule is Cc1cccc(CN(CCO)Cc2ccccc2)n1. The van der Waals surface area contributed by atoms with Gasteiger partial charge in [-0.2, -0.15) is 0 Å². The van der Waals surface area contributed by atoms with Crippen LogP contribution in [-0.4, -0.2) is 28.1 Å². The summed E-state index contributed by atoms with van der Waals surface area (Å²) < 4.78 is 0. The zero-order chi connectivity index (χ0) is 13.5. The van der Waals surface area contributed by atoms with Crippen molar-refractivity contribution in [1.82, 2.24) is 9.88 Å². The van der Waals surface area contributed by atoms with Gasteiger partial charge in [-0.15, -0.1) is 0 Å². The molecule has 0 aliphatic rings. The van der Waals surface area contributed by atoms with E-state index in [1.807, 2.05) is 43.3 Å². The number of pyridine rings is 1. The molecule has 1 heterocycles. The van der Waals surface area contributed by atoms with Crippen molar-refractivity contribution >= 4 is 0 Å². The van der Waals surface area contributed by atoms with Gasteiger partial charge in [0.2, 0.25) is 0 Å². The van der Waals surface area contributed by atoms with Crippen LogP contribution in [0, 0.1) is 6.92 Å². The highest BCUT2D eigenvalue weighted by Crippen LogP contribution is 2.08. The number of aromatic nitrogens is 1. The Morgan fingerprint density at radius 3 is 2.47 bits per heavy atom. The average molecular weight is 256 g/mol. The summed E-state index contributed by atoms with van der Waals surface area (Å²) in [5.74, 6) is 0. The molecule has 2 rings (SSSR count). The summed E-state index contributed by atoms with van der Waals surface area (Å²) in [4.78, 5) is 6.72. The van der Waals surface area contributed by atoms with Crippen molar-refractivity contribution in [2.45, 2.75) is 20.0 Å². The lowest BCUT2D eigenvalue weighted by Crippen LogP contribution is -2.26. The van der Waals surface area contributed by atoms with Crippen LogP contribution in [0.15, 0.2) is 48.5 Å². The van der Waals surface area contributed by atoms with E-state index < -0.39 is 0 Å². The Balaban J connectivity index is 2.04. The zero-order valence-corrected chi connectivity index (χ0v) is 11.3. The van der Waals surface area contributed by atoms with E-state index in [0.29, 0.717) is 6.54 Å². The fourth-order valence-corrected chi connectivity index (χ4v) is 2.11. The van der Waals surface area contributed by atoms with Crippen molar-refractivity contribution in [2.24, 2.45) is 0 Å². The van der Waals surface area contributed by atoms with Crippen molar-refractivity contribution < 1.29 is 5.11 Å². The lowest BCUT2D eigenvalue weighted by Gasteiger charge is -2.21. The van der Waals surface area contributed by atoms with E-state index in [9.17, 15) is 5.11 Å². The lowest BCUT2D eigenvalue weighted by molar-refractivity contribution is 0.183. The third kappa shape index (κ3) is 4.47. The largest absolute Gasteiger partial charge is 0.395 e. The maximum absolute atomic E-state index is 9.19. The van der Waals surface area contributed by atoms with Crippen LogP contribution in [0.2, 0.25) is 0 Å². The minimum atomic E-state index is 0.165. The smallest absolute Gasteiger partial charge is 0.0558 e. The first-order valence-electron chi connectivity index (χ1n) is 6.57. The quantitative estimate of drug-likeness (QED) is 0.862. The first kappa shape index (κ1) is 13.7. The highest BCUT2D eigenvalue weighted by atomic mass is 16.3. The van der Waals surface area contributed by atoms with Gasteiger partial charge in [0.15, 0.2) is 0 Å². The molecule has 2 aromatic rings. The topological polar surface area (TPSA) is 36.4 Å². The summed E-state index contributed by atoms with van der Waals surface area (Å²) in [5.41, 5.74) is 3.33. The predicted octanol–water partition coefficient (Wildman–Crippen LogP) is 2.38. The van der Waals surface area contributed by atoms with Crippen molar-refractivity contribution in [3.8, 4) is 0 Å². The van der Waals surface area contributed by atoms with E-state index in [-0.39, 0.29) is 6.61 Å². The minimum Gasteiger partial charge on any atom is -0.395 e. The van der Waals surface area contributed by atoms with Crippen LogP contribution in [0.3, 0.4) is 0 Å². The summed E-state index contributed by atoms with van der Waals surface area (Å²) in [6, 6.07) is 16.4. The zero-order valence-electron chi connectivity index (χ0n) is 11.3. The second kappa shape index (κ2) is 7.02. The van der Waals surface area contributed by atoms with Crippen LogP contribution >= 0.6 is 0 Å². The van der Waals surface area contributed by atoms with Gasteiger partial charge in [0.1, 0.15) is 0 Å². The molecule has 0 aliphatic heterocycles. The monoisotopic (exact) mass is 256 g/mol. The fourth-order valence-electron chi connectivity index (χ4n) is 2.11. The van der Waals surface area contributed by atoms with Crippen LogP contribution < -0.4 is 0 Å². The Labute approximate surface area is 114 Å². The van der Waals surface area contributed by atoms with E-state index in [0.717, 1.165) is 24.5 Å². The second-order valence-electron chi connectivity index (χ2n) is 4.69. The van der Waals surface area contributed by atoms with Gasteiger partial charge in [0, 0.05) is 25.3 Å². The van der Waals surface area contributed by atoms with Crippen LogP contribution in [0.1, 0.15) is 17.0 Å². The molecule has 3 heteroatoms. The lowest BCUT2D eigenvalue weighted by atomic mass is 10.2. The second-order valence-corrected chi connectivity index (χ2v) is 4.69. The summed E-state index contributed by atoms with van der Waals surface area (Å²) in [6.45, 7) is 4.41. The number of hydrogen-bond acceptors (Lipinski definition) is 3. The molecule has 0 spiro atoms. The van der Waals surface area contributed by atoms with Gasteiger partial charge >= 0.3 is 0 Å². The molecule has 100 valence electrons. The molecule has 0 radical (unpaired) electrons. The van der Waals surface area contributed by atoms with Gasteiger partial charge < -0.3 is 5.11 Å². The number of aliphatic hydroxyl groups excluding tert-OH is 1. The molecule has 1 N–H and O–H groups in total. The predicted molar refractivity (Wildman–Crippen MR) is 76.6 cm³/mol. The highest BCUT2D eigenvalue weighted by molar-refractivity contribution is 5.15. The highest BCUT2D eigenvalue weighted by Gasteiger charge is 2.07. The molecule has 1 aromatic heterocycles. The third-order valence-corrected chi connectivity index (χ3v) is 3.00. The first-order chi connectivity index (χ1) is 9.28. The summed E-state index contributed by atoms with van der Waals surface area (Å²) >= 11 is 0. The Hall–Kier alpha value is -1.71. The fraction of sp³-hybridized carbons (Fsp3) is 0.312. The van der Waals surface area contributed by atoms with Gasteiger partial charge in [-0.05, 0) is 24.6 Å². The van der Waals surface area contributed by atoms with Crippen LogP contribution in [-0.2, 0) is 13.1 Å². The normalized spacial score (nSPS) is 10.9. The van der Waals surface area contributed by atoms with Crippen LogP contribution in [0.4, 0.5) is 0 Å². The molecular weight excluding hydrogens is 236 g/mol. The van der Waals surface area contributed by atoms with Crippen LogP contribution in [0.5, 0.6) is 0 Å². The third-order valence-electron chi connectivity index (χ3n) is 3.00. The number of aliphatic hydroxyl groups is 1. The van der Waals surface area contributed by atoms with Gasteiger partial charge in [-0.3, -0.25) is 9.88 Å². The van der Waals surface area contributed by atoms with Gasteiger partial charge in [0.05, 0.1) is 12.3 Å². The first-order valence-corrected chi connectivity index (χ1v) is 6.57. The van der Waals surface area contributed by atoms with E-state index in [4.69, 9.17) is 0 Å². The van der Waals surface area contributed by atoms with Crippen molar-refractivity contribution in [3.05, 3.63) is 65.5 Å². The van der Waals surface area contributed by atoms with E-state index in [2.05, 4.69) is 22.0 Å². The summed E-state index contributed by atoms with van der Waals surface area (Å²) in [5, 5.41) is 9.19. The molecule has 0 atom stereocenters. The molecule has 0 aliphatic carbocycles. The number of benzene rings is 1. The Kier molecular flexibility index (Phi) is 5.07. The number of hydrogen-bond donors (Lipinski definition) is 1. The molecule has 3 nitrogen and oxygen atoms in total. The molecule has 0 fully saturated rings. The average Bonchev–Trinajstić information content (AvgIpc) is 2.40. The molecule has 0 amide bonds. The maximum Gasteiger partial charge on any atom is 0.0558 e. The van der Waals surface area contributed by atoms with Gasteiger partial charge in [0.25, 0.3) is 0 Å². The molecule has 0 saturated carbocycles. The summed E-state index contributed by atoms with van der Waals surface area (Å²) in [6.07, 6.45) is 0. The van der Waals surface area contributed by atoms with Crippen molar-refractivity contribution in [1.29, 1.82) is 0 Å². The molecule has 19 heavy (non-hydrogen) atoms. The molecule has 0 unspecified atom stereocenters.